The van der Waals surface area contributed by atoms with Crippen LogP contribution in [0.1, 0.15) is 5.56 Å². The van der Waals surface area contributed by atoms with Crippen molar-refractivity contribution in [3.63, 3.8) is 0 Å². The second-order valence-electron chi connectivity index (χ2n) is 5.45. The van der Waals surface area contributed by atoms with Gasteiger partial charge in [0.2, 0.25) is 0 Å². The third-order valence-corrected chi connectivity index (χ3v) is 3.56. The van der Waals surface area contributed by atoms with Crippen LogP contribution in [0.5, 0.6) is 11.5 Å². The molecule has 5 heteroatoms. The van der Waals surface area contributed by atoms with E-state index in [1.165, 1.54) is 0 Å². The van der Waals surface area contributed by atoms with E-state index in [0.717, 1.165) is 17.9 Å². The van der Waals surface area contributed by atoms with Crippen molar-refractivity contribution >= 4 is 5.91 Å². The molecule has 0 fully saturated rings. The number of nitrogens with zero attached hydrogens (tertiary/aromatic N) is 1. The summed E-state index contributed by atoms with van der Waals surface area (Å²) in [6, 6.07) is 17.3. The van der Waals surface area contributed by atoms with Crippen molar-refractivity contribution in [2.24, 2.45) is 0 Å². The van der Waals surface area contributed by atoms with E-state index >= 15 is 0 Å². The van der Waals surface area contributed by atoms with Gasteiger partial charge >= 0.3 is 0 Å². The van der Waals surface area contributed by atoms with Crippen molar-refractivity contribution in [2.75, 3.05) is 33.8 Å². The van der Waals surface area contributed by atoms with Gasteiger partial charge in [0.1, 0.15) is 18.1 Å². The van der Waals surface area contributed by atoms with Crippen LogP contribution in [0.25, 0.3) is 0 Å². The Kier molecular flexibility index (Phi) is 7.11. The fraction of sp³-hybridized carbons (Fsp3) is 0.316. The SMILES string of the molecule is CNCCN(C)C(=O)COc1ccc(OCc2ccccc2)cc1. The van der Waals surface area contributed by atoms with Crippen LogP contribution in [0.2, 0.25) is 0 Å². The molecule has 0 bridgehead atoms. The van der Waals surface area contributed by atoms with Gasteiger partial charge in [0.15, 0.2) is 6.61 Å². The van der Waals surface area contributed by atoms with Crippen molar-refractivity contribution in [1.29, 1.82) is 0 Å². The molecule has 2 aromatic rings. The fourth-order valence-corrected chi connectivity index (χ4v) is 2.03. The minimum absolute atomic E-state index is 0.0322. The van der Waals surface area contributed by atoms with Crippen LogP contribution in [0.4, 0.5) is 0 Å². The molecule has 0 spiro atoms. The zero-order chi connectivity index (χ0) is 17.2. The summed E-state index contributed by atoms with van der Waals surface area (Å²) in [6.07, 6.45) is 0. The van der Waals surface area contributed by atoms with Crippen LogP contribution in [0, 0.1) is 0 Å². The topological polar surface area (TPSA) is 50.8 Å². The number of hydrogen-bond acceptors (Lipinski definition) is 4. The number of benzene rings is 2. The number of carbonyl (C=O) groups is 1. The van der Waals surface area contributed by atoms with Crippen LogP contribution in [-0.4, -0.2) is 44.6 Å². The Morgan fingerprint density at radius 2 is 1.62 bits per heavy atom. The number of hydrogen-bond donors (Lipinski definition) is 1. The molecule has 0 saturated heterocycles. The molecule has 2 aromatic carbocycles. The standard InChI is InChI=1S/C19H24N2O3/c1-20-12-13-21(2)19(22)15-24-18-10-8-17(9-11-18)23-14-16-6-4-3-5-7-16/h3-11,20H,12-15H2,1-2H3. The van der Waals surface area contributed by atoms with E-state index in [2.05, 4.69) is 5.32 Å². The number of carbonyl (C=O) groups excluding carboxylic acids is 1. The van der Waals surface area contributed by atoms with E-state index < -0.39 is 0 Å². The summed E-state index contributed by atoms with van der Waals surface area (Å²) in [5, 5.41) is 3.01. The predicted octanol–water partition coefficient (Wildman–Crippen LogP) is 2.32. The Labute approximate surface area is 143 Å². The summed E-state index contributed by atoms with van der Waals surface area (Å²) >= 11 is 0. The van der Waals surface area contributed by atoms with Gasteiger partial charge < -0.3 is 19.7 Å². The highest BCUT2D eigenvalue weighted by atomic mass is 16.5. The van der Waals surface area contributed by atoms with E-state index in [4.69, 9.17) is 9.47 Å². The van der Waals surface area contributed by atoms with Gasteiger partial charge in [0.05, 0.1) is 0 Å². The summed E-state index contributed by atoms with van der Waals surface area (Å²) in [6.45, 7) is 1.97. The van der Waals surface area contributed by atoms with Gasteiger partial charge in [-0.05, 0) is 36.9 Å². The molecule has 1 amide bonds. The van der Waals surface area contributed by atoms with Gasteiger partial charge in [-0.15, -0.1) is 0 Å². The monoisotopic (exact) mass is 328 g/mol. The Morgan fingerprint density at radius 3 is 2.25 bits per heavy atom. The first-order valence-corrected chi connectivity index (χ1v) is 7.97. The second-order valence-corrected chi connectivity index (χ2v) is 5.45. The zero-order valence-electron chi connectivity index (χ0n) is 14.2. The van der Waals surface area contributed by atoms with Gasteiger partial charge in [-0.25, -0.2) is 0 Å². The van der Waals surface area contributed by atoms with Crippen molar-refractivity contribution in [3.8, 4) is 11.5 Å². The predicted molar refractivity (Wildman–Crippen MR) is 94.3 cm³/mol. The van der Waals surface area contributed by atoms with Crippen LogP contribution in [-0.2, 0) is 11.4 Å². The van der Waals surface area contributed by atoms with E-state index in [9.17, 15) is 4.79 Å². The smallest absolute Gasteiger partial charge is 0.260 e. The Bertz CT molecular complexity index is 614. The average Bonchev–Trinajstić information content (AvgIpc) is 2.64. The molecule has 0 aromatic heterocycles. The third-order valence-electron chi connectivity index (χ3n) is 3.56. The van der Waals surface area contributed by atoms with E-state index in [1.54, 1.807) is 24.1 Å². The summed E-state index contributed by atoms with van der Waals surface area (Å²) in [5.74, 6) is 1.37. The molecule has 1 N–H and O–H groups in total. The molecule has 128 valence electrons. The van der Waals surface area contributed by atoms with Crippen LogP contribution >= 0.6 is 0 Å². The molecular weight excluding hydrogens is 304 g/mol. The largest absolute Gasteiger partial charge is 0.489 e. The number of likely N-dealkylation sites (N-methyl/N-ethyl adjacent to an activating group) is 2. The minimum Gasteiger partial charge on any atom is -0.489 e. The van der Waals surface area contributed by atoms with Gasteiger partial charge in [0.25, 0.3) is 5.91 Å². The Morgan fingerprint density at radius 1 is 1.00 bits per heavy atom. The first-order chi connectivity index (χ1) is 11.7. The average molecular weight is 328 g/mol. The maximum atomic E-state index is 11.9. The molecule has 2 rings (SSSR count). The fourth-order valence-electron chi connectivity index (χ4n) is 2.03. The third kappa shape index (κ3) is 5.93. The lowest BCUT2D eigenvalue weighted by molar-refractivity contribution is -0.131. The summed E-state index contributed by atoms with van der Waals surface area (Å²) in [4.78, 5) is 13.5. The van der Waals surface area contributed by atoms with Gasteiger partial charge in [-0.2, -0.15) is 0 Å². The zero-order valence-corrected chi connectivity index (χ0v) is 14.2. The highest BCUT2D eigenvalue weighted by Crippen LogP contribution is 2.18. The van der Waals surface area contributed by atoms with Crippen LogP contribution in [0.3, 0.4) is 0 Å². The van der Waals surface area contributed by atoms with E-state index in [0.29, 0.717) is 18.9 Å². The highest BCUT2D eigenvalue weighted by molar-refractivity contribution is 5.77. The molecule has 0 unspecified atom stereocenters. The maximum Gasteiger partial charge on any atom is 0.260 e. The number of nitrogens with one attached hydrogen (secondary N) is 1. The summed E-state index contributed by atoms with van der Waals surface area (Å²) in [5.41, 5.74) is 1.12. The van der Waals surface area contributed by atoms with Crippen molar-refractivity contribution in [2.45, 2.75) is 6.61 Å². The molecule has 24 heavy (non-hydrogen) atoms. The maximum absolute atomic E-state index is 11.9. The van der Waals surface area contributed by atoms with Gasteiger partial charge in [-0.3, -0.25) is 4.79 Å². The lowest BCUT2D eigenvalue weighted by Crippen LogP contribution is -2.35. The molecule has 0 atom stereocenters. The minimum atomic E-state index is -0.0466. The normalized spacial score (nSPS) is 10.2. The van der Waals surface area contributed by atoms with E-state index in [-0.39, 0.29) is 12.5 Å². The summed E-state index contributed by atoms with van der Waals surface area (Å²) < 4.78 is 11.2. The molecule has 0 radical (unpaired) electrons. The molecule has 0 aliphatic rings. The second kappa shape index (κ2) is 9.57. The Balaban J connectivity index is 1.76. The molecule has 5 nitrogen and oxygen atoms in total. The Hall–Kier alpha value is -2.53. The van der Waals surface area contributed by atoms with Gasteiger partial charge in [0, 0.05) is 20.1 Å². The number of rotatable bonds is 9. The van der Waals surface area contributed by atoms with Crippen molar-refractivity contribution in [1.82, 2.24) is 10.2 Å². The molecule has 0 heterocycles. The first-order valence-electron chi connectivity index (χ1n) is 7.97. The van der Waals surface area contributed by atoms with Crippen molar-refractivity contribution in [3.05, 3.63) is 60.2 Å². The quantitative estimate of drug-likeness (QED) is 0.767. The lowest BCUT2D eigenvalue weighted by Gasteiger charge is -2.17. The first kappa shape index (κ1) is 17.8. The molecular formula is C19H24N2O3. The molecule has 0 aliphatic heterocycles. The van der Waals surface area contributed by atoms with Crippen LogP contribution < -0.4 is 14.8 Å². The van der Waals surface area contributed by atoms with Crippen molar-refractivity contribution < 1.29 is 14.3 Å². The van der Waals surface area contributed by atoms with Crippen LogP contribution in [0.15, 0.2) is 54.6 Å². The molecule has 0 saturated carbocycles. The van der Waals surface area contributed by atoms with Gasteiger partial charge in [-0.1, -0.05) is 30.3 Å². The number of amides is 1. The lowest BCUT2D eigenvalue weighted by atomic mass is 10.2. The molecule has 0 aliphatic carbocycles. The highest BCUT2D eigenvalue weighted by Gasteiger charge is 2.08. The summed E-state index contributed by atoms with van der Waals surface area (Å²) in [7, 11) is 3.62. The number of ether oxygens (including phenoxy) is 2. The van der Waals surface area contributed by atoms with E-state index in [1.807, 2.05) is 49.5 Å².